The fourth-order valence-corrected chi connectivity index (χ4v) is 3.78. The van der Waals surface area contributed by atoms with Gasteiger partial charge >= 0.3 is 5.97 Å². The minimum Gasteiger partial charge on any atom is -0.465 e. The Balaban J connectivity index is 2.70. The van der Waals surface area contributed by atoms with Crippen molar-refractivity contribution in [1.82, 2.24) is 0 Å². The lowest BCUT2D eigenvalue weighted by molar-refractivity contribution is 0.0600. The van der Waals surface area contributed by atoms with Crippen LogP contribution in [0.2, 0.25) is 0 Å². The van der Waals surface area contributed by atoms with Crippen LogP contribution in [-0.4, -0.2) is 13.1 Å². The Bertz CT molecular complexity index is 766. The molecular formula is C22H27FO2. The number of methoxy groups -OCH3 is 1. The van der Waals surface area contributed by atoms with Crippen molar-refractivity contribution in [3.05, 3.63) is 64.5 Å². The summed E-state index contributed by atoms with van der Waals surface area (Å²) in [5, 5.41) is 0. The summed E-state index contributed by atoms with van der Waals surface area (Å²) in [5.74, 6) is -0.953. The Labute approximate surface area is 150 Å². The van der Waals surface area contributed by atoms with Gasteiger partial charge in [0.2, 0.25) is 0 Å². The molecule has 0 amide bonds. The second kappa shape index (κ2) is 7.38. The molecule has 0 saturated heterocycles. The predicted octanol–water partition coefficient (Wildman–Crippen LogP) is 6.10. The second-order valence-electron chi connectivity index (χ2n) is 7.34. The Hall–Kier alpha value is -2.16. The van der Waals surface area contributed by atoms with Gasteiger partial charge in [-0.1, -0.05) is 38.1 Å². The molecule has 0 saturated carbocycles. The van der Waals surface area contributed by atoms with E-state index in [0.29, 0.717) is 5.56 Å². The summed E-state index contributed by atoms with van der Waals surface area (Å²) in [7, 11) is 1.29. The Morgan fingerprint density at radius 3 is 2.56 bits per heavy atom. The highest BCUT2D eigenvalue weighted by Crippen LogP contribution is 2.48. The van der Waals surface area contributed by atoms with E-state index >= 15 is 0 Å². The molecule has 0 heterocycles. The van der Waals surface area contributed by atoms with Crippen LogP contribution in [0, 0.1) is 11.2 Å². The number of allylic oxidation sites excluding steroid dienone is 5. The summed E-state index contributed by atoms with van der Waals surface area (Å²) in [6.07, 6.45) is 5.00. The molecule has 0 unspecified atom stereocenters. The van der Waals surface area contributed by atoms with Crippen LogP contribution in [0.1, 0.15) is 62.9 Å². The van der Waals surface area contributed by atoms with Crippen molar-refractivity contribution >= 4 is 11.5 Å². The van der Waals surface area contributed by atoms with Crippen molar-refractivity contribution < 1.29 is 13.9 Å². The van der Waals surface area contributed by atoms with Crippen molar-refractivity contribution in [2.24, 2.45) is 5.41 Å². The summed E-state index contributed by atoms with van der Waals surface area (Å²) in [4.78, 5) is 11.7. The molecule has 3 heteroatoms. The van der Waals surface area contributed by atoms with Gasteiger partial charge in [-0.05, 0) is 67.4 Å². The lowest BCUT2D eigenvalue weighted by atomic mass is 9.68. The number of halogens is 1. The van der Waals surface area contributed by atoms with Gasteiger partial charge in [0, 0.05) is 5.56 Å². The smallest absolute Gasteiger partial charge is 0.337 e. The van der Waals surface area contributed by atoms with E-state index in [2.05, 4.69) is 32.1 Å². The van der Waals surface area contributed by atoms with Crippen molar-refractivity contribution in [2.75, 3.05) is 7.11 Å². The average molecular weight is 342 g/mol. The number of esters is 1. The zero-order chi connectivity index (χ0) is 18.8. The summed E-state index contributed by atoms with van der Waals surface area (Å²) in [6, 6.07) is 4.55. The molecule has 1 aromatic carbocycles. The first-order chi connectivity index (χ1) is 11.7. The molecule has 25 heavy (non-hydrogen) atoms. The van der Waals surface area contributed by atoms with Crippen LogP contribution in [0.5, 0.6) is 0 Å². The zero-order valence-corrected chi connectivity index (χ0v) is 15.8. The predicted molar refractivity (Wildman–Crippen MR) is 101 cm³/mol. The molecule has 0 N–H and O–H groups in total. The maximum absolute atomic E-state index is 14.9. The normalized spacial score (nSPS) is 17.8. The highest BCUT2D eigenvalue weighted by Gasteiger charge is 2.32. The van der Waals surface area contributed by atoms with Gasteiger partial charge in [-0.2, -0.15) is 0 Å². The lowest BCUT2D eigenvalue weighted by Gasteiger charge is -2.37. The SMILES string of the molecule is C=C/C(C)=C(\C1=C(C)CCCC1(C)C)c1ccc(C(=O)OC)cc1F. The van der Waals surface area contributed by atoms with Gasteiger partial charge in [0.15, 0.2) is 0 Å². The Kier molecular flexibility index (Phi) is 5.66. The largest absolute Gasteiger partial charge is 0.465 e. The van der Waals surface area contributed by atoms with Crippen LogP contribution in [-0.2, 0) is 4.74 Å². The van der Waals surface area contributed by atoms with Crippen LogP contribution in [0.15, 0.2) is 47.6 Å². The van der Waals surface area contributed by atoms with E-state index < -0.39 is 11.8 Å². The van der Waals surface area contributed by atoms with Crippen LogP contribution in [0.4, 0.5) is 4.39 Å². The van der Waals surface area contributed by atoms with Gasteiger partial charge in [-0.25, -0.2) is 9.18 Å². The van der Waals surface area contributed by atoms with Crippen molar-refractivity contribution in [2.45, 2.75) is 47.0 Å². The van der Waals surface area contributed by atoms with E-state index in [1.54, 1.807) is 18.2 Å². The number of hydrogen-bond acceptors (Lipinski definition) is 2. The van der Waals surface area contributed by atoms with Gasteiger partial charge in [0.05, 0.1) is 12.7 Å². The molecule has 1 aliphatic carbocycles. The first-order valence-electron chi connectivity index (χ1n) is 8.65. The molecular weight excluding hydrogens is 315 g/mol. The van der Waals surface area contributed by atoms with E-state index in [-0.39, 0.29) is 11.0 Å². The molecule has 134 valence electrons. The Morgan fingerprint density at radius 1 is 1.36 bits per heavy atom. The third-order valence-corrected chi connectivity index (χ3v) is 5.07. The molecule has 0 fully saturated rings. The first-order valence-corrected chi connectivity index (χ1v) is 8.65. The summed E-state index contributed by atoms with van der Waals surface area (Å²) in [5.41, 5.74) is 5.02. The highest BCUT2D eigenvalue weighted by atomic mass is 19.1. The minimum absolute atomic E-state index is 0.0323. The van der Waals surface area contributed by atoms with Crippen LogP contribution in [0.25, 0.3) is 5.57 Å². The molecule has 0 bridgehead atoms. The number of carbonyl (C=O) groups excluding carboxylic acids is 1. The van der Waals surface area contributed by atoms with Crippen molar-refractivity contribution in [3.63, 3.8) is 0 Å². The van der Waals surface area contributed by atoms with E-state index in [9.17, 15) is 9.18 Å². The highest BCUT2D eigenvalue weighted by molar-refractivity contribution is 5.91. The first kappa shape index (κ1) is 19.2. The molecule has 0 atom stereocenters. The molecule has 1 aliphatic rings. The third kappa shape index (κ3) is 3.76. The van der Waals surface area contributed by atoms with E-state index in [0.717, 1.165) is 30.4 Å². The van der Waals surface area contributed by atoms with Gasteiger partial charge in [-0.15, -0.1) is 0 Å². The maximum atomic E-state index is 14.9. The zero-order valence-electron chi connectivity index (χ0n) is 15.8. The molecule has 0 radical (unpaired) electrons. The summed E-state index contributed by atoms with van der Waals surface area (Å²) < 4.78 is 19.6. The fourth-order valence-electron chi connectivity index (χ4n) is 3.78. The molecule has 0 spiro atoms. The third-order valence-electron chi connectivity index (χ3n) is 5.07. The number of rotatable bonds is 4. The number of hydrogen-bond donors (Lipinski definition) is 0. The molecule has 2 nitrogen and oxygen atoms in total. The van der Waals surface area contributed by atoms with Crippen LogP contribution < -0.4 is 0 Å². The standard InChI is InChI=1S/C22H27FO2/c1-7-14(2)19(20-15(3)9-8-12-22(20,4)5)17-11-10-16(13-18(17)23)21(24)25-6/h7,10-11,13H,1,8-9,12H2,2-6H3/b19-14-. The van der Waals surface area contributed by atoms with E-state index in [1.807, 2.05) is 6.92 Å². The fraction of sp³-hybridized carbons (Fsp3) is 0.409. The van der Waals surface area contributed by atoms with Crippen LogP contribution >= 0.6 is 0 Å². The number of carbonyl (C=O) groups is 1. The molecule has 0 aliphatic heterocycles. The molecule has 1 aromatic rings. The second-order valence-corrected chi connectivity index (χ2v) is 7.34. The van der Waals surface area contributed by atoms with Gasteiger partial charge < -0.3 is 4.74 Å². The van der Waals surface area contributed by atoms with Crippen LogP contribution in [0.3, 0.4) is 0 Å². The molecule has 0 aromatic heterocycles. The molecule has 2 rings (SSSR count). The number of benzene rings is 1. The Morgan fingerprint density at radius 2 is 2.04 bits per heavy atom. The minimum atomic E-state index is -0.537. The maximum Gasteiger partial charge on any atom is 0.337 e. The average Bonchev–Trinajstić information content (AvgIpc) is 2.57. The lowest BCUT2D eigenvalue weighted by Crippen LogP contribution is -2.22. The van der Waals surface area contributed by atoms with Gasteiger partial charge in [0.1, 0.15) is 5.82 Å². The van der Waals surface area contributed by atoms with E-state index in [4.69, 9.17) is 0 Å². The van der Waals surface area contributed by atoms with E-state index in [1.165, 1.54) is 24.3 Å². The van der Waals surface area contributed by atoms with Gasteiger partial charge in [-0.3, -0.25) is 0 Å². The summed E-state index contributed by atoms with van der Waals surface area (Å²) >= 11 is 0. The summed E-state index contributed by atoms with van der Waals surface area (Å²) in [6.45, 7) is 12.4. The van der Waals surface area contributed by atoms with Crippen molar-refractivity contribution in [3.8, 4) is 0 Å². The number of ether oxygens (including phenoxy) is 1. The monoisotopic (exact) mass is 342 g/mol. The van der Waals surface area contributed by atoms with Crippen molar-refractivity contribution in [1.29, 1.82) is 0 Å². The quantitative estimate of drug-likeness (QED) is 0.488. The van der Waals surface area contributed by atoms with Gasteiger partial charge in [0.25, 0.3) is 0 Å². The topological polar surface area (TPSA) is 26.3 Å².